The number of hydrogen-bond donors (Lipinski definition) is 1. The Bertz CT molecular complexity index is 652. The SMILES string of the molecule is COc1ccc(C(CO)N(C)Cc2ccc(N3CCCC3)nc2)cc1. The first-order chi connectivity index (χ1) is 12.2. The molecule has 2 heterocycles. The van der Waals surface area contributed by atoms with Crippen molar-refractivity contribution in [3.8, 4) is 5.75 Å². The monoisotopic (exact) mass is 341 g/mol. The third kappa shape index (κ3) is 4.30. The van der Waals surface area contributed by atoms with Crippen LogP contribution in [0, 0.1) is 0 Å². The molecule has 1 fully saturated rings. The summed E-state index contributed by atoms with van der Waals surface area (Å²) in [5.74, 6) is 1.89. The molecule has 5 heteroatoms. The highest BCUT2D eigenvalue weighted by atomic mass is 16.5. The minimum Gasteiger partial charge on any atom is -0.497 e. The van der Waals surface area contributed by atoms with Crippen LogP contribution in [0.3, 0.4) is 0 Å². The maximum Gasteiger partial charge on any atom is 0.128 e. The number of pyridine rings is 1. The Morgan fingerprint density at radius 3 is 2.44 bits per heavy atom. The fraction of sp³-hybridized carbons (Fsp3) is 0.450. The van der Waals surface area contributed by atoms with Crippen molar-refractivity contribution >= 4 is 5.82 Å². The van der Waals surface area contributed by atoms with Gasteiger partial charge in [-0.05, 0) is 49.2 Å². The van der Waals surface area contributed by atoms with E-state index < -0.39 is 0 Å². The average Bonchev–Trinajstić information content (AvgIpc) is 3.18. The van der Waals surface area contributed by atoms with Crippen LogP contribution < -0.4 is 9.64 Å². The molecule has 2 aromatic rings. The van der Waals surface area contributed by atoms with E-state index in [1.165, 1.54) is 12.8 Å². The molecule has 1 N–H and O–H groups in total. The number of ether oxygens (including phenoxy) is 1. The summed E-state index contributed by atoms with van der Waals surface area (Å²) in [6.07, 6.45) is 4.46. The number of methoxy groups -OCH3 is 1. The van der Waals surface area contributed by atoms with E-state index in [4.69, 9.17) is 4.74 Å². The van der Waals surface area contributed by atoms with Gasteiger partial charge in [0.15, 0.2) is 0 Å². The lowest BCUT2D eigenvalue weighted by Gasteiger charge is -2.27. The van der Waals surface area contributed by atoms with Gasteiger partial charge in [0.05, 0.1) is 19.8 Å². The third-order valence-corrected chi connectivity index (χ3v) is 4.88. The Morgan fingerprint density at radius 1 is 1.16 bits per heavy atom. The van der Waals surface area contributed by atoms with E-state index in [0.717, 1.165) is 42.3 Å². The van der Waals surface area contributed by atoms with Crippen molar-refractivity contribution in [2.45, 2.75) is 25.4 Å². The van der Waals surface area contributed by atoms with Crippen molar-refractivity contribution in [2.75, 3.05) is 38.8 Å². The zero-order valence-corrected chi connectivity index (χ0v) is 15.1. The number of likely N-dealkylation sites (N-methyl/N-ethyl adjacent to an activating group) is 1. The van der Waals surface area contributed by atoms with Crippen LogP contribution in [0.4, 0.5) is 5.82 Å². The molecule has 134 valence electrons. The van der Waals surface area contributed by atoms with Gasteiger partial charge in [-0.1, -0.05) is 18.2 Å². The van der Waals surface area contributed by atoms with E-state index in [0.29, 0.717) is 0 Å². The topological polar surface area (TPSA) is 48.8 Å². The third-order valence-electron chi connectivity index (χ3n) is 4.88. The van der Waals surface area contributed by atoms with E-state index >= 15 is 0 Å². The molecule has 1 aromatic carbocycles. The van der Waals surface area contributed by atoms with E-state index in [1.54, 1.807) is 7.11 Å². The Balaban J connectivity index is 1.65. The molecule has 1 aliphatic heterocycles. The van der Waals surface area contributed by atoms with Gasteiger partial charge in [0.1, 0.15) is 11.6 Å². The van der Waals surface area contributed by atoms with Gasteiger partial charge in [0, 0.05) is 25.8 Å². The molecule has 3 rings (SSSR count). The molecule has 0 bridgehead atoms. The van der Waals surface area contributed by atoms with Crippen LogP contribution in [0.5, 0.6) is 5.75 Å². The van der Waals surface area contributed by atoms with Crippen molar-refractivity contribution in [1.82, 2.24) is 9.88 Å². The second kappa shape index (κ2) is 8.32. The van der Waals surface area contributed by atoms with Crippen molar-refractivity contribution in [3.05, 3.63) is 53.7 Å². The maximum absolute atomic E-state index is 9.85. The molecule has 0 radical (unpaired) electrons. The van der Waals surface area contributed by atoms with Crippen LogP contribution in [-0.2, 0) is 6.54 Å². The summed E-state index contributed by atoms with van der Waals surface area (Å²) in [6.45, 7) is 3.03. The minimum atomic E-state index is -0.0517. The van der Waals surface area contributed by atoms with Gasteiger partial charge in [0.2, 0.25) is 0 Å². The van der Waals surface area contributed by atoms with Crippen molar-refractivity contribution in [2.24, 2.45) is 0 Å². The Kier molecular flexibility index (Phi) is 5.89. The van der Waals surface area contributed by atoms with Crippen LogP contribution in [0.25, 0.3) is 0 Å². The molecule has 1 aromatic heterocycles. The van der Waals surface area contributed by atoms with E-state index in [-0.39, 0.29) is 12.6 Å². The first-order valence-corrected chi connectivity index (χ1v) is 8.86. The second-order valence-corrected chi connectivity index (χ2v) is 6.61. The van der Waals surface area contributed by atoms with Gasteiger partial charge in [-0.15, -0.1) is 0 Å². The maximum atomic E-state index is 9.85. The number of benzene rings is 1. The second-order valence-electron chi connectivity index (χ2n) is 6.61. The zero-order chi connectivity index (χ0) is 17.6. The van der Waals surface area contributed by atoms with E-state index in [9.17, 15) is 5.11 Å². The number of rotatable bonds is 7. The van der Waals surface area contributed by atoms with Crippen molar-refractivity contribution in [3.63, 3.8) is 0 Å². The standard InChI is InChI=1S/C20H27N3O2/c1-22(19(15-24)17-6-8-18(25-2)9-7-17)14-16-5-10-20(21-13-16)23-11-3-4-12-23/h5-10,13,19,24H,3-4,11-12,14-15H2,1-2H3. The predicted octanol–water partition coefficient (Wildman–Crippen LogP) is 2.86. The van der Waals surface area contributed by atoms with Gasteiger partial charge < -0.3 is 14.7 Å². The van der Waals surface area contributed by atoms with Crippen LogP contribution in [0.15, 0.2) is 42.6 Å². The first-order valence-electron chi connectivity index (χ1n) is 8.86. The summed E-state index contributed by atoms with van der Waals surface area (Å²) in [6, 6.07) is 12.1. The molecule has 25 heavy (non-hydrogen) atoms. The summed E-state index contributed by atoms with van der Waals surface area (Å²) in [4.78, 5) is 9.10. The first kappa shape index (κ1) is 17.7. The normalized spacial score (nSPS) is 15.6. The van der Waals surface area contributed by atoms with E-state index in [2.05, 4.69) is 26.9 Å². The Morgan fingerprint density at radius 2 is 1.88 bits per heavy atom. The zero-order valence-electron chi connectivity index (χ0n) is 15.1. The van der Waals surface area contributed by atoms with Gasteiger partial charge in [-0.3, -0.25) is 4.90 Å². The minimum absolute atomic E-state index is 0.0517. The number of aromatic nitrogens is 1. The fourth-order valence-corrected chi connectivity index (χ4v) is 3.37. The van der Waals surface area contributed by atoms with Gasteiger partial charge in [0.25, 0.3) is 0 Å². The van der Waals surface area contributed by atoms with Crippen molar-refractivity contribution in [1.29, 1.82) is 0 Å². The van der Waals surface area contributed by atoms with Crippen LogP contribution in [-0.4, -0.2) is 48.8 Å². The quantitative estimate of drug-likeness (QED) is 0.839. The highest BCUT2D eigenvalue weighted by Gasteiger charge is 2.17. The molecule has 0 saturated carbocycles. The summed E-state index contributed by atoms with van der Waals surface area (Å²) in [5.41, 5.74) is 2.23. The lowest BCUT2D eigenvalue weighted by molar-refractivity contribution is 0.142. The molecule has 0 spiro atoms. The molecule has 0 amide bonds. The fourth-order valence-electron chi connectivity index (χ4n) is 3.37. The summed E-state index contributed by atoms with van der Waals surface area (Å²) >= 11 is 0. The number of nitrogens with zero attached hydrogens (tertiary/aromatic N) is 3. The van der Waals surface area contributed by atoms with Crippen LogP contribution >= 0.6 is 0 Å². The van der Waals surface area contributed by atoms with Crippen LogP contribution in [0.2, 0.25) is 0 Å². The molecule has 0 aliphatic carbocycles. The lowest BCUT2D eigenvalue weighted by atomic mass is 10.1. The van der Waals surface area contributed by atoms with Gasteiger partial charge in [-0.25, -0.2) is 4.98 Å². The Hall–Kier alpha value is -2.11. The lowest BCUT2D eigenvalue weighted by Crippen LogP contribution is -2.27. The summed E-state index contributed by atoms with van der Waals surface area (Å²) in [7, 11) is 3.68. The van der Waals surface area contributed by atoms with Gasteiger partial charge in [-0.2, -0.15) is 0 Å². The predicted molar refractivity (Wildman–Crippen MR) is 100.0 cm³/mol. The number of aliphatic hydroxyl groups excluding tert-OH is 1. The molecule has 1 saturated heterocycles. The average molecular weight is 341 g/mol. The van der Waals surface area contributed by atoms with Gasteiger partial charge >= 0.3 is 0 Å². The molecule has 1 atom stereocenters. The number of anilines is 1. The highest BCUT2D eigenvalue weighted by molar-refractivity contribution is 5.40. The number of hydrogen-bond acceptors (Lipinski definition) is 5. The van der Waals surface area contributed by atoms with Crippen LogP contribution in [0.1, 0.15) is 30.0 Å². The Labute approximate surface area is 149 Å². The molecule has 5 nitrogen and oxygen atoms in total. The number of aliphatic hydroxyl groups is 1. The smallest absolute Gasteiger partial charge is 0.128 e. The van der Waals surface area contributed by atoms with Crippen molar-refractivity contribution < 1.29 is 9.84 Å². The molecule has 1 unspecified atom stereocenters. The highest BCUT2D eigenvalue weighted by Crippen LogP contribution is 2.24. The molecular weight excluding hydrogens is 314 g/mol. The summed E-state index contributed by atoms with van der Waals surface area (Å²) in [5, 5.41) is 9.85. The largest absolute Gasteiger partial charge is 0.497 e. The molecule has 1 aliphatic rings. The van der Waals surface area contributed by atoms with E-state index in [1.807, 2.05) is 37.5 Å². The molecular formula is C20H27N3O2. The summed E-state index contributed by atoms with van der Waals surface area (Å²) < 4.78 is 5.20.